The van der Waals surface area contributed by atoms with E-state index in [2.05, 4.69) is 16.7 Å². The Kier molecular flexibility index (Phi) is 5.19. The maximum absolute atomic E-state index is 6.00. The van der Waals surface area contributed by atoms with Crippen molar-refractivity contribution in [3.63, 3.8) is 0 Å². The SMILES string of the molecule is COCC1CN(c2nc3ccccc3nc2N2CCOCC2)CC(C)O1. The Balaban J connectivity index is 1.73. The molecule has 0 N–H and O–H groups in total. The Bertz CT molecular complexity index is 751. The van der Waals surface area contributed by atoms with E-state index in [4.69, 9.17) is 24.2 Å². The van der Waals surface area contributed by atoms with Gasteiger partial charge >= 0.3 is 0 Å². The Hall–Kier alpha value is -1.96. The lowest BCUT2D eigenvalue weighted by Crippen LogP contribution is -2.49. The number of methoxy groups -OCH3 is 1. The number of morpholine rings is 2. The average Bonchev–Trinajstić information content (AvgIpc) is 2.67. The van der Waals surface area contributed by atoms with Crippen LogP contribution in [-0.4, -0.2) is 75.3 Å². The van der Waals surface area contributed by atoms with Crippen LogP contribution in [0.15, 0.2) is 24.3 Å². The second-order valence-electron chi connectivity index (χ2n) is 6.89. The zero-order valence-electron chi connectivity index (χ0n) is 15.4. The van der Waals surface area contributed by atoms with Crippen LogP contribution in [0.1, 0.15) is 6.92 Å². The van der Waals surface area contributed by atoms with E-state index in [9.17, 15) is 0 Å². The average molecular weight is 358 g/mol. The molecule has 0 amide bonds. The van der Waals surface area contributed by atoms with Crippen molar-refractivity contribution in [1.29, 1.82) is 0 Å². The first-order valence-corrected chi connectivity index (χ1v) is 9.23. The second-order valence-corrected chi connectivity index (χ2v) is 6.89. The fourth-order valence-electron chi connectivity index (χ4n) is 3.68. The molecular weight excluding hydrogens is 332 g/mol. The van der Waals surface area contributed by atoms with Gasteiger partial charge in [0.15, 0.2) is 11.6 Å². The Labute approximate surface area is 153 Å². The molecule has 0 saturated carbocycles. The first-order chi connectivity index (χ1) is 12.7. The van der Waals surface area contributed by atoms with E-state index in [-0.39, 0.29) is 12.2 Å². The van der Waals surface area contributed by atoms with Crippen LogP contribution in [0, 0.1) is 0 Å². The van der Waals surface area contributed by atoms with E-state index >= 15 is 0 Å². The molecule has 0 aliphatic carbocycles. The molecule has 0 bridgehead atoms. The topological polar surface area (TPSA) is 60.0 Å². The second kappa shape index (κ2) is 7.73. The third kappa shape index (κ3) is 3.60. The minimum Gasteiger partial charge on any atom is -0.382 e. The Morgan fingerprint density at radius 3 is 2.35 bits per heavy atom. The van der Waals surface area contributed by atoms with Crippen molar-refractivity contribution in [3.8, 4) is 0 Å². The first-order valence-electron chi connectivity index (χ1n) is 9.23. The number of hydrogen-bond acceptors (Lipinski definition) is 7. The van der Waals surface area contributed by atoms with E-state index in [0.717, 1.165) is 62.1 Å². The van der Waals surface area contributed by atoms with Crippen LogP contribution >= 0.6 is 0 Å². The third-order valence-corrected chi connectivity index (χ3v) is 4.82. The van der Waals surface area contributed by atoms with E-state index in [1.54, 1.807) is 7.11 Å². The highest BCUT2D eigenvalue weighted by Crippen LogP contribution is 2.31. The number of anilines is 2. The normalized spacial score (nSPS) is 24.2. The van der Waals surface area contributed by atoms with Gasteiger partial charge in [0.1, 0.15) is 0 Å². The highest BCUT2D eigenvalue weighted by molar-refractivity contribution is 5.81. The molecule has 140 valence electrons. The number of aromatic nitrogens is 2. The molecule has 1 aromatic carbocycles. The van der Waals surface area contributed by atoms with Gasteiger partial charge in [0, 0.05) is 33.3 Å². The molecule has 2 fully saturated rings. The van der Waals surface area contributed by atoms with Crippen molar-refractivity contribution in [2.24, 2.45) is 0 Å². The summed E-state index contributed by atoms with van der Waals surface area (Å²) in [4.78, 5) is 14.5. The number of ether oxygens (including phenoxy) is 3. The summed E-state index contributed by atoms with van der Waals surface area (Å²) >= 11 is 0. The molecule has 2 saturated heterocycles. The van der Waals surface area contributed by atoms with Crippen LogP contribution in [0.25, 0.3) is 11.0 Å². The molecule has 7 nitrogen and oxygen atoms in total. The lowest BCUT2D eigenvalue weighted by molar-refractivity contribution is -0.0512. The fourth-order valence-corrected chi connectivity index (χ4v) is 3.68. The molecule has 26 heavy (non-hydrogen) atoms. The Morgan fingerprint density at radius 2 is 1.69 bits per heavy atom. The van der Waals surface area contributed by atoms with Crippen LogP contribution in [0.5, 0.6) is 0 Å². The minimum atomic E-state index is 0.0366. The summed E-state index contributed by atoms with van der Waals surface area (Å²) in [6, 6.07) is 8.05. The van der Waals surface area contributed by atoms with Crippen molar-refractivity contribution in [3.05, 3.63) is 24.3 Å². The Morgan fingerprint density at radius 1 is 1.04 bits per heavy atom. The molecule has 7 heteroatoms. The molecule has 2 aromatic rings. The van der Waals surface area contributed by atoms with Gasteiger partial charge in [-0.25, -0.2) is 9.97 Å². The van der Waals surface area contributed by atoms with Crippen LogP contribution in [0.4, 0.5) is 11.6 Å². The number of benzene rings is 1. The molecule has 2 aliphatic rings. The third-order valence-electron chi connectivity index (χ3n) is 4.82. The summed E-state index contributed by atoms with van der Waals surface area (Å²) in [6.45, 7) is 7.34. The van der Waals surface area contributed by atoms with Crippen molar-refractivity contribution >= 4 is 22.7 Å². The fraction of sp³-hybridized carbons (Fsp3) is 0.579. The molecule has 2 atom stereocenters. The summed E-state index contributed by atoms with van der Waals surface area (Å²) in [5.74, 6) is 1.87. The lowest BCUT2D eigenvalue weighted by Gasteiger charge is -2.39. The number of fused-ring (bicyclic) bond motifs is 1. The van der Waals surface area contributed by atoms with Gasteiger partial charge in [-0.05, 0) is 19.1 Å². The summed E-state index contributed by atoms with van der Waals surface area (Å²) in [5, 5.41) is 0. The van der Waals surface area contributed by atoms with Crippen molar-refractivity contribution in [2.75, 3.05) is 62.9 Å². The zero-order valence-corrected chi connectivity index (χ0v) is 15.4. The van der Waals surface area contributed by atoms with Gasteiger partial charge in [0.2, 0.25) is 0 Å². The van der Waals surface area contributed by atoms with Gasteiger partial charge in [-0.15, -0.1) is 0 Å². The van der Waals surface area contributed by atoms with E-state index < -0.39 is 0 Å². The van der Waals surface area contributed by atoms with Gasteiger partial charge < -0.3 is 24.0 Å². The predicted octanol–water partition coefficient (Wildman–Crippen LogP) is 1.71. The molecule has 2 aliphatic heterocycles. The molecule has 0 spiro atoms. The van der Waals surface area contributed by atoms with Gasteiger partial charge in [-0.3, -0.25) is 0 Å². The van der Waals surface area contributed by atoms with Crippen LogP contribution < -0.4 is 9.80 Å². The quantitative estimate of drug-likeness (QED) is 0.824. The largest absolute Gasteiger partial charge is 0.382 e. The van der Waals surface area contributed by atoms with Crippen molar-refractivity contribution < 1.29 is 14.2 Å². The number of hydrogen-bond donors (Lipinski definition) is 0. The molecule has 3 heterocycles. The van der Waals surface area contributed by atoms with Gasteiger partial charge in [-0.2, -0.15) is 0 Å². The maximum Gasteiger partial charge on any atom is 0.172 e. The summed E-state index contributed by atoms with van der Waals surface area (Å²) in [6.07, 6.45) is 0.157. The summed E-state index contributed by atoms with van der Waals surface area (Å²) < 4.78 is 16.8. The monoisotopic (exact) mass is 358 g/mol. The van der Waals surface area contributed by atoms with E-state index in [1.807, 2.05) is 24.3 Å². The molecule has 2 unspecified atom stereocenters. The highest BCUT2D eigenvalue weighted by atomic mass is 16.5. The standard InChI is InChI=1S/C19H26N4O3/c1-14-11-23(12-15(26-14)13-24-2)19-18(22-7-9-25-10-8-22)20-16-5-3-4-6-17(16)21-19/h3-6,14-15H,7-13H2,1-2H3. The zero-order chi connectivity index (χ0) is 17.9. The number of nitrogens with zero attached hydrogens (tertiary/aromatic N) is 4. The highest BCUT2D eigenvalue weighted by Gasteiger charge is 2.30. The minimum absolute atomic E-state index is 0.0366. The number of rotatable bonds is 4. The first kappa shape index (κ1) is 17.5. The summed E-state index contributed by atoms with van der Waals surface area (Å²) in [7, 11) is 1.71. The summed E-state index contributed by atoms with van der Waals surface area (Å²) in [5.41, 5.74) is 1.84. The molecule has 0 radical (unpaired) electrons. The van der Waals surface area contributed by atoms with Crippen molar-refractivity contribution in [2.45, 2.75) is 19.1 Å². The van der Waals surface area contributed by atoms with Gasteiger partial charge in [0.25, 0.3) is 0 Å². The smallest absolute Gasteiger partial charge is 0.172 e. The van der Waals surface area contributed by atoms with Crippen LogP contribution in [0.2, 0.25) is 0 Å². The van der Waals surface area contributed by atoms with Crippen molar-refractivity contribution in [1.82, 2.24) is 9.97 Å². The number of para-hydroxylation sites is 2. The van der Waals surface area contributed by atoms with E-state index in [0.29, 0.717) is 6.61 Å². The van der Waals surface area contributed by atoms with Gasteiger partial charge in [-0.1, -0.05) is 12.1 Å². The predicted molar refractivity (Wildman–Crippen MR) is 101 cm³/mol. The lowest BCUT2D eigenvalue weighted by atomic mass is 10.2. The van der Waals surface area contributed by atoms with Crippen LogP contribution in [-0.2, 0) is 14.2 Å². The maximum atomic E-state index is 6.00. The van der Waals surface area contributed by atoms with Gasteiger partial charge in [0.05, 0.1) is 43.1 Å². The van der Waals surface area contributed by atoms with Crippen LogP contribution in [0.3, 0.4) is 0 Å². The molecule has 1 aromatic heterocycles. The van der Waals surface area contributed by atoms with E-state index in [1.165, 1.54) is 0 Å². The molecule has 4 rings (SSSR count). The molecular formula is C19H26N4O3.